The van der Waals surface area contributed by atoms with Gasteiger partial charge in [-0.05, 0) is 80.3 Å². The molecule has 1 aliphatic carbocycles. The Kier molecular flexibility index (Phi) is 11.4. The van der Waals surface area contributed by atoms with Crippen molar-refractivity contribution < 1.29 is 32.1 Å². The molecule has 0 saturated heterocycles. The van der Waals surface area contributed by atoms with Crippen molar-refractivity contribution in [1.29, 1.82) is 0 Å². The quantitative estimate of drug-likeness (QED) is 0.227. The molecule has 1 atom stereocenters. The van der Waals surface area contributed by atoms with Crippen molar-refractivity contribution in [3.8, 4) is 11.5 Å². The SMILES string of the molecule is CCOCc1cc(C2CCCCC2)cc(COCC)c1OCCOc1ccc(C(C)(C(C)(C)C)C(F)(F)F)cc1. The van der Waals surface area contributed by atoms with Crippen molar-refractivity contribution in [1.82, 2.24) is 0 Å². The van der Waals surface area contributed by atoms with Gasteiger partial charge in [-0.15, -0.1) is 0 Å². The standard InChI is InChI=1S/C33H47F3O4/c1-7-37-22-26-20-25(24-12-10-9-11-13-24)21-27(23-38-8-2)30(26)40-19-18-39-29-16-14-28(15-17-29)32(6,31(3,4)5)33(34,35)36/h14-17,20-21,24H,7-13,18-19,22-23H2,1-6H3. The molecule has 0 heterocycles. The van der Waals surface area contributed by atoms with E-state index in [9.17, 15) is 13.2 Å². The van der Waals surface area contributed by atoms with E-state index in [1.54, 1.807) is 32.9 Å². The van der Waals surface area contributed by atoms with Crippen molar-refractivity contribution >= 4 is 0 Å². The van der Waals surface area contributed by atoms with Gasteiger partial charge in [0, 0.05) is 24.3 Å². The van der Waals surface area contributed by atoms with E-state index >= 15 is 0 Å². The van der Waals surface area contributed by atoms with Gasteiger partial charge >= 0.3 is 6.18 Å². The Balaban J connectivity index is 1.73. The van der Waals surface area contributed by atoms with Crippen LogP contribution in [0.2, 0.25) is 0 Å². The summed E-state index contributed by atoms with van der Waals surface area (Å²) < 4.78 is 65.9. The first-order chi connectivity index (χ1) is 18.9. The number of halogens is 3. The fraction of sp³-hybridized carbons (Fsp3) is 0.636. The van der Waals surface area contributed by atoms with Gasteiger partial charge in [0.25, 0.3) is 0 Å². The number of hydrogen-bond acceptors (Lipinski definition) is 4. The van der Waals surface area contributed by atoms with Gasteiger partial charge < -0.3 is 18.9 Å². The van der Waals surface area contributed by atoms with Gasteiger partial charge in [-0.25, -0.2) is 0 Å². The fourth-order valence-corrected chi connectivity index (χ4v) is 5.49. The summed E-state index contributed by atoms with van der Waals surface area (Å²) in [5.74, 6) is 1.82. The number of benzene rings is 2. The van der Waals surface area contributed by atoms with Crippen LogP contribution in [0.15, 0.2) is 36.4 Å². The number of rotatable bonds is 13. The van der Waals surface area contributed by atoms with Crippen LogP contribution in [-0.4, -0.2) is 32.6 Å². The molecule has 224 valence electrons. The van der Waals surface area contributed by atoms with Crippen molar-refractivity contribution in [3.63, 3.8) is 0 Å². The molecule has 0 aliphatic heterocycles. The van der Waals surface area contributed by atoms with Gasteiger partial charge in [0.2, 0.25) is 0 Å². The summed E-state index contributed by atoms with van der Waals surface area (Å²) in [4.78, 5) is 0. The van der Waals surface area contributed by atoms with Crippen molar-refractivity contribution in [3.05, 3.63) is 58.7 Å². The predicted octanol–water partition coefficient (Wildman–Crippen LogP) is 9.13. The highest BCUT2D eigenvalue weighted by atomic mass is 19.4. The molecular weight excluding hydrogens is 517 g/mol. The molecular formula is C33H47F3O4. The minimum Gasteiger partial charge on any atom is -0.490 e. The third-order valence-electron chi connectivity index (χ3n) is 8.36. The number of hydrogen-bond donors (Lipinski definition) is 0. The first-order valence-electron chi connectivity index (χ1n) is 14.7. The molecule has 4 nitrogen and oxygen atoms in total. The number of alkyl halides is 3. The van der Waals surface area contributed by atoms with Crippen LogP contribution in [0.4, 0.5) is 13.2 Å². The van der Waals surface area contributed by atoms with Gasteiger partial charge in [0.1, 0.15) is 24.7 Å². The van der Waals surface area contributed by atoms with Gasteiger partial charge in [-0.1, -0.05) is 52.2 Å². The minimum absolute atomic E-state index is 0.218. The summed E-state index contributed by atoms with van der Waals surface area (Å²) in [5, 5.41) is 0. The molecule has 2 aromatic carbocycles. The molecule has 0 bridgehead atoms. The lowest BCUT2D eigenvalue weighted by molar-refractivity contribution is -0.213. The third-order valence-corrected chi connectivity index (χ3v) is 8.36. The van der Waals surface area contributed by atoms with Crippen LogP contribution in [0.25, 0.3) is 0 Å². The molecule has 0 amide bonds. The Labute approximate surface area is 238 Å². The third kappa shape index (κ3) is 7.73. The van der Waals surface area contributed by atoms with Crippen molar-refractivity contribution in [2.24, 2.45) is 5.41 Å². The molecule has 2 aromatic rings. The maximum atomic E-state index is 14.1. The number of ether oxygens (including phenoxy) is 4. The highest BCUT2D eigenvalue weighted by Gasteiger charge is 2.58. The Hall–Kier alpha value is -2.25. The lowest BCUT2D eigenvalue weighted by Gasteiger charge is -2.43. The van der Waals surface area contributed by atoms with E-state index in [-0.39, 0.29) is 18.8 Å². The Bertz CT molecular complexity index is 1010. The largest absolute Gasteiger partial charge is 0.490 e. The molecule has 1 saturated carbocycles. The lowest BCUT2D eigenvalue weighted by Crippen LogP contribution is -2.49. The monoisotopic (exact) mass is 564 g/mol. The second kappa shape index (κ2) is 14.1. The maximum absolute atomic E-state index is 14.1. The van der Waals surface area contributed by atoms with Crippen LogP contribution in [0.1, 0.15) is 102 Å². The molecule has 40 heavy (non-hydrogen) atoms. The summed E-state index contributed by atoms with van der Waals surface area (Å²) in [6.45, 7) is 12.7. The molecule has 3 rings (SSSR count). The molecule has 1 fully saturated rings. The van der Waals surface area contributed by atoms with Gasteiger partial charge in [-0.3, -0.25) is 0 Å². The van der Waals surface area contributed by atoms with E-state index < -0.39 is 17.0 Å². The van der Waals surface area contributed by atoms with E-state index in [4.69, 9.17) is 18.9 Å². The second-order valence-corrected chi connectivity index (χ2v) is 11.9. The van der Waals surface area contributed by atoms with Crippen LogP contribution < -0.4 is 9.47 Å². The average Bonchev–Trinajstić information content (AvgIpc) is 2.92. The van der Waals surface area contributed by atoms with E-state index in [1.807, 2.05) is 13.8 Å². The molecule has 1 aliphatic rings. The van der Waals surface area contributed by atoms with E-state index in [2.05, 4.69) is 12.1 Å². The molecule has 0 radical (unpaired) electrons. The predicted molar refractivity (Wildman–Crippen MR) is 153 cm³/mol. The topological polar surface area (TPSA) is 36.9 Å². The smallest absolute Gasteiger partial charge is 0.398 e. The van der Waals surface area contributed by atoms with E-state index in [1.165, 1.54) is 56.7 Å². The molecule has 7 heteroatoms. The van der Waals surface area contributed by atoms with Gasteiger partial charge in [0.15, 0.2) is 0 Å². The fourth-order valence-electron chi connectivity index (χ4n) is 5.49. The zero-order valence-corrected chi connectivity index (χ0v) is 25.1. The first kappa shape index (κ1) is 32.3. The second-order valence-electron chi connectivity index (χ2n) is 11.9. The summed E-state index contributed by atoms with van der Waals surface area (Å²) in [6.07, 6.45) is 1.84. The molecule has 0 spiro atoms. The maximum Gasteiger partial charge on any atom is 0.398 e. The van der Waals surface area contributed by atoms with Crippen molar-refractivity contribution in [2.75, 3.05) is 26.4 Å². The highest BCUT2D eigenvalue weighted by molar-refractivity contribution is 5.46. The summed E-state index contributed by atoms with van der Waals surface area (Å²) >= 11 is 0. The van der Waals surface area contributed by atoms with Crippen LogP contribution in [0.5, 0.6) is 11.5 Å². The van der Waals surface area contributed by atoms with E-state index in [0.717, 1.165) is 16.9 Å². The summed E-state index contributed by atoms with van der Waals surface area (Å²) in [6, 6.07) is 10.7. The van der Waals surface area contributed by atoms with Crippen molar-refractivity contribution in [2.45, 2.75) is 104 Å². The highest BCUT2D eigenvalue weighted by Crippen LogP contribution is 2.52. The van der Waals surface area contributed by atoms with E-state index in [0.29, 0.717) is 38.1 Å². The normalized spacial score (nSPS) is 16.5. The Morgan fingerprint density at radius 1 is 0.750 bits per heavy atom. The Morgan fingerprint density at radius 2 is 1.27 bits per heavy atom. The van der Waals surface area contributed by atoms with Gasteiger partial charge in [-0.2, -0.15) is 13.2 Å². The molecule has 1 unspecified atom stereocenters. The zero-order chi connectivity index (χ0) is 29.4. The molecule has 0 aromatic heterocycles. The van der Waals surface area contributed by atoms with Gasteiger partial charge in [0.05, 0.1) is 18.6 Å². The first-order valence-corrected chi connectivity index (χ1v) is 14.7. The van der Waals surface area contributed by atoms with Crippen LogP contribution in [0, 0.1) is 5.41 Å². The van der Waals surface area contributed by atoms with Crippen LogP contribution in [0.3, 0.4) is 0 Å². The Morgan fingerprint density at radius 3 is 1.75 bits per heavy atom. The summed E-state index contributed by atoms with van der Waals surface area (Å²) in [5.41, 5.74) is 0.575. The molecule has 0 N–H and O–H groups in total. The summed E-state index contributed by atoms with van der Waals surface area (Å²) in [7, 11) is 0. The van der Waals surface area contributed by atoms with Crippen LogP contribution in [-0.2, 0) is 28.1 Å². The average molecular weight is 565 g/mol. The lowest BCUT2D eigenvalue weighted by atomic mass is 9.63. The minimum atomic E-state index is -4.38. The zero-order valence-electron chi connectivity index (χ0n) is 25.1. The van der Waals surface area contributed by atoms with Crippen LogP contribution >= 0.6 is 0 Å².